The van der Waals surface area contributed by atoms with E-state index in [2.05, 4.69) is 20.5 Å². The fraction of sp³-hybridized carbons (Fsp3) is 0.308. The second-order valence-corrected chi connectivity index (χ2v) is 4.04. The molecular formula is C13H16N4O3. The third-order valence-electron chi connectivity index (χ3n) is 2.74. The van der Waals surface area contributed by atoms with Crippen LogP contribution in [0.1, 0.15) is 5.56 Å². The molecule has 2 aromatic rings. The van der Waals surface area contributed by atoms with Crippen molar-refractivity contribution in [2.24, 2.45) is 0 Å². The Labute approximate surface area is 116 Å². The molecule has 0 fully saturated rings. The van der Waals surface area contributed by atoms with Crippen molar-refractivity contribution in [3.8, 4) is 11.5 Å². The van der Waals surface area contributed by atoms with Gasteiger partial charge in [0.15, 0.2) is 17.3 Å². The second kappa shape index (κ2) is 6.55. The van der Waals surface area contributed by atoms with Crippen molar-refractivity contribution >= 4 is 5.82 Å². The number of rotatable bonds is 6. The summed E-state index contributed by atoms with van der Waals surface area (Å²) in [6.07, 6.45) is 2.23. The highest BCUT2D eigenvalue weighted by Crippen LogP contribution is 2.27. The molecule has 0 aliphatic heterocycles. The van der Waals surface area contributed by atoms with Gasteiger partial charge in [-0.2, -0.15) is 10.1 Å². The molecule has 0 atom stereocenters. The van der Waals surface area contributed by atoms with Crippen molar-refractivity contribution in [2.45, 2.75) is 6.42 Å². The third-order valence-corrected chi connectivity index (χ3v) is 2.74. The number of aromatic nitrogens is 3. The molecule has 0 spiro atoms. The number of ether oxygens (including phenoxy) is 2. The average molecular weight is 276 g/mol. The van der Waals surface area contributed by atoms with E-state index in [1.54, 1.807) is 14.2 Å². The number of hydrogen-bond donors (Lipinski definition) is 2. The van der Waals surface area contributed by atoms with Gasteiger partial charge in [-0.05, 0) is 24.1 Å². The van der Waals surface area contributed by atoms with Crippen LogP contribution in [0.15, 0.2) is 29.2 Å². The lowest BCUT2D eigenvalue weighted by Crippen LogP contribution is -2.16. The van der Waals surface area contributed by atoms with E-state index in [1.807, 2.05) is 18.2 Å². The zero-order valence-corrected chi connectivity index (χ0v) is 11.3. The summed E-state index contributed by atoms with van der Waals surface area (Å²) in [6.45, 7) is 0.633. The van der Waals surface area contributed by atoms with E-state index < -0.39 is 5.69 Å². The number of benzene rings is 1. The van der Waals surface area contributed by atoms with Gasteiger partial charge in [-0.15, -0.1) is 0 Å². The predicted octanol–water partition coefficient (Wildman–Crippen LogP) is 0.837. The lowest BCUT2D eigenvalue weighted by molar-refractivity contribution is 0.354. The van der Waals surface area contributed by atoms with Gasteiger partial charge in [-0.25, -0.2) is 9.89 Å². The first-order valence-electron chi connectivity index (χ1n) is 6.09. The number of hydrogen-bond acceptors (Lipinski definition) is 6. The van der Waals surface area contributed by atoms with Gasteiger partial charge < -0.3 is 14.8 Å². The second-order valence-electron chi connectivity index (χ2n) is 4.04. The highest BCUT2D eigenvalue weighted by atomic mass is 16.5. The highest BCUT2D eigenvalue weighted by Gasteiger charge is 2.04. The third kappa shape index (κ3) is 3.47. The molecule has 0 radical (unpaired) electrons. The molecule has 0 saturated carbocycles. The van der Waals surface area contributed by atoms with E-state index in [1.165, 1.54) is 6.20 Å². The molecule has 7 heteroatoms. The molecule has 1 aromatic carbocycles. The summed E-state index contributed by atoms with van der Waals surface area (Å²) >= 11 is 0. The summed E-state index contributed by atoms with van der Waals surface area (Å²) in [5.74, 6) is 1.85. The molecule has 7 nitrogen and oxygen atoms in total. The Morgan fingerprint density at radius 1 is 1.25 bits per heavy atom. The van der Waals surface area contributed by atoms with E-state index in [4.69, 9.17) is 9.47 Å². The van der Waals surface area contributed by atoms with E-state index in [9.17, 15) is 4.79 Å². The first-order valence-corrected chi connectivity index (χ1v) is 6.09. The quantitative estimate of drug-likeness (QED) is 0.812. The Balaban J connectivity index is 1.95. The number of nitrogens with one attached hydrogen (secondary N) is 2. The Kier molecular flexibility index (Phi) is 4.54. The standard InChI is InChI=1S/C13H16N4O3/c1-19-10-4-3-9(7-11(10)20-2)5-6-14-12-8-15-17-13(18)16-12/h3-4,7-8H,5-6H2,1-2H3,(H2,14,16,17,18). The van der Waals surface area contributed by atoms with Crippen molar-refractivity contribution in [1.29, 1.82) is 0 Å². The minimum absolute atomic E-state index is 0.453. The van der Waals surface area contributed by atoms with Crippen LogP contribution >= 0.6 is 0 Å². The summed E-state index contributed by atoms with van der Waals surface area (Å²) in [6, 6.07) is 5.75. The van der Waals surface area contributed by atoms with Crippen molar-refractivity contribution in [1.82, 2.24) is 15.2 Å². The molecule has 0 aliphatic rings. The molecule has 0 unspecified atom stereocenters. The van der Waals surface area contributed by atoms with Gasteiger partial charge >= 0.3 is 5.69 Å². The van der Waals surface area contributed by atoms with Gasteiger partial charge in [0.25, 0.3) is 0 Å². The lowest BCUT2D eigenvalue weighted by atomic mass is 10.1. The number of anilines is 1. The van der Waals surface area contributed by atoms with Crippen LogP contribution in [-0.2, 0) is 6.42 Å². The summed E-state index contributed by atoms with van der Waals surface area (Å²) < 4.78 is 10.4. The molecular weight excluding hydrogens is 260 g/mol. The molecule has 2 rings (SSSR count). The number of H-pyrrole nitrogens is 1. The molecule has 0 aliphatic carbocycles. The van der Waals surface area contributed by atoms with Crippen LogP contribution in [0.25, 0.3) is 0 Å². The highest BCUT2D eigenvalue weighted by molar-refractivity contribution is 5.43. The number of nitrogens with zero attached hydrogens (tertiary/aromatic N) is 2. The van der Waals surface area contributed by atoms with E-state index in [0.717, 1.165) is 12.0 Å². The molecule has 1 heterocycles. The van der Waals surface area contributed by atoms with Crippen molar-refractivity contribution < 1.29 is 9.47 Å². The predicted molar refractivity (Wildman–Crippen MR) is 74.4 cm³/mol. The van der Waals surface area contributed by atoms with Crippen LogP contribution in [0.5, 0.6) is 11.5 Å². The molecule has 20 heavy (non-hydrogen) atoms. The van der Waals surface area contributed by atoms with Crippen LogP contribution in [0.2, 0.25) is 0 Å². The Bertz CT molecular complexity index is 627. The van der Waals surface area contributed by atoms with Crippen molar-refractivity contribution in [3.05, 3.63) is 40.4 Å². The maximum absolute atomic E-state index is 11.0. The molecule has 0 saturated heterocycles. The van der Waals surface area contributed by atoms with Gasteiger partial charge in [0, 0.05) is 6.54 Å². The maximum Gasteiger partial charge on any atom is 0.363 e. The minimum atomic E-state index is -0.471. The molecule has 0 bridgehead atoms. The average Bonchev–Trinajstić information content (AvgIpc) is 2.47. The summed E-state index contributed by atoms with van der Waals surface area (Å²) in [4.78, 5) is 14.7. The molecule has 2 N–H and O–H groups in total. The zero-order chi connectivity index (χ0) is 14.4. The van der Waals surface area contributed by atoms with Gasteiger partial charge in [-0.3, -0.25) is 0 Å². The van der Waals surface area contributed by atoms with Gasteiger partial charge in [-0.1, -0.05) is 6.07 Å². The van der Waals surface area contributed by atoms with E-state index in [0.29, 0.717) is 23.9 Å². The SMILES string of the molecule is COc1ccc(CCNc2cn[nH]c(=O)n2)cc1OC. The molecule has 106 valence electrons. The normalized spacial score (nSPS) is 10.1. The van der Waals surface area contributed by atoms with Gasteiger partial charge in [0.2, 0.25) is 0 Å². The van der Waals surface area contributed by atoms with Crippen molar-refractivity contribution in [3.63, 3.8) is 0 Å². The maximum atomic E-state index is 11.0. The first kappa shape index (κ1) is 13.9. The van der Waals surface area contributed by atoms with Crippen LogP contribution in [0.3, 0.4) is 0 Å². The number of methoxy groups -OCH3 is 2. The molecule has 0 amide bonds. The fourth-order valence-electron chi connectivity index (χ4n) is 1.77. The van der Waals surface area contributed by atoms with Gasteiger partial charge in [0.05, 0.1) is 20.4 Å². The number of aromatic amines is 1. The summed E-state index contributed by atoms with van der Waals surface area (Å²) in [5, 5.41) is 8.92. The summed E-state index contributed by atoms with van der Waals surface area (Å²) in [7, 11) is 3.20. The summed E-state index contributed by atoms with van der Waals surface area (Å²) in [5.41, 5.74) is 0.620. The molecule has 1 aromatic heterocycles. The minimum Gasteiger partial charge on any atom is -0.493 e. The Morgan fingerprint density at radius 3 is 2.75 bits per heavy atom. The van der Waals surface area contributed by atoms with Crippen LogP contribution in [0, 0.1) is 0 Å². The monoisotopic (exact) mass is 276 g/mol. The van der Waals surface area contributed by atoms with Crippen molar-refractivity contribution in [2.75, 3.05) is 26.1 Å². The Morgan fingerprint density at radius 2 is 2.05 bits per heavy atom. The van der Waals surface area contributed by atoms with E-state index >= 15 is 0 Å². The fourth-order valence-corrected chi connectivity index (χ4v) is 1.77. The van der Waals surface area contributed by atoms with E-state index in [-0.39, 0.29) is 0 Å². The Hall–Kier alpha value is -2.57. The largest absolute Gasteiger partial charge is 0.493 e. The van der Waals surface area contributed by atoms with Gasteiger partial charge in [0.1, 0.15) is 0 Å². The lowest BCUT2D eigenvalue weighted by Gasteiger charge is -2.10. The van der Waals surface area contributed by atoms with Crippen LogP contribution in [0.4, 0.5) is 5.82 Å². The van der Waals surface area contributed by atoms with Crippen LogP contribution in [-0.4, -0.2) is 35.9 Å². The topological polar surface area (TPSA) is 89.1 Å². The zero-order valence-electron chi connectivity index (χ0n) is 11.3. The first-order chi connectivity index (χ1) is 9.72. The van der Waals surface area contributed by atoms with Crippen LogP contribution < -0.4 is 20.5 Å². The smallest absolute Gasteiger partial charge is 0.363 e.